The van der Waals surface area contributed by atoms with E-state index in [4.69, 9.17) is 0 Å². The maximum absolute atomic E-state index is 9.29. The van der Waals surface area contributed by atoms with Gasteiger partial charge in [0.15, 0.2) is 0 Å². The summed E-state index contributed by atoms with van der Waals surface area (Å²) >= 11 is 0. The van der Waals surface area contributed by atoms with E-state index < -0.39 is 0 Å². The summed E-state index contributed by atoms with van der Waals surface area (Å²) in [5.74, 6) is 1.02. The van der Waals surface area contributed by atoms with Crippen LogP contribution in [-0.2, 0) is 6.42 Å². The molecule has 1 atom stereocenters. The van der Waals surface area contributed by atoms with Crippen molar-refractivity contribution in [2.75, 3.05) is 0 Å². The molecule has 2 aromatic rings. The van der Waals surface area contributed by atoms with Gasteiger partial charge in [-0.1, -0.05) is 42.8 Å². The lowest BCUT2D eigenvalue weighted by molar-refractivity contribution is 0.474. The molecule has 0 saturated carbocycles. The smallest absolute Gasteiger partial charge is 0.115 e. The van der Waals surface area contributed by atoms with Gasteiger partial charge in [-0.15, -0.1) is 0 Å². The van der Waals surface area contributed by atoms with Crippen molar-refractivity contribution in [1.29, 1.82) is 0 Å². The molecule has 104 valence electrons. The summed E-state index contributed by atoms with van der Waals surface area (Å²) in [6.07, 6.45) is 3.09. The third-order valence-corrected chi connectivity index (χ3v) is 3.54. The Morgan fingerprint density at radius 2 is 1.45 bits per heavy atom. The number of phenolic OH excluding ortho intramolecular Hbond substituents is 2. The van der Waals surface area contributed by atoms with Crippen LogP contribution < -0.4 is 0 Å². The average molecular weight is 268 g/mol. The molecule has 2 aromatic carbocycles. The molecule has 20 heavy (non-hydrogen) atoms. The highest BCUT2D eigenvalue weighted by Crippen LogP contribution is 2.21. The van der Waals surface area contributed by atoms with Gasteiger partial charge >= 0.3 is 0 Å². The van der Waals surface area contributed by atoms with Crippen LogP contribution in [0.4, 0.5) is 0 Å². The molecule has 0 aliphatic heterocycles. The molecule has 2 rings (SSSR count). The lowest BCUT2D eigenvalue weighted by atomic mass is 9.93. The molecule has 0 bridgehead atoms. The lowest BCUT2D eigenvalue weighted by Gasteiger charge is -2.13. The van der Waals surface area contributed by atoms with Crippen LogP contribution in [-0.4, -0.2) is 10.2 Å². The summed E-state index contributed by atoms with van der Waals surface area (Å²) in [5, 5.41) is 18.6. The molecular weight excluding hydrogens is 248 g/mol. The quantitative estimate of drug-likeness (QED) is 0.864. The highest BCUT2D eigenvalue weighted by Gasteiger charge is 2.06. The normalized spacial score (nSPS) is 13.2. The molecule has 0 saturated heterocycles. The molecule has 0 aliphatic rings. The van der Waals surface area contributed by atoms with Crippen LogP contribution in [0.2, 0.25) is 0 Å². The van der Waals surface area contributed by atoms with Crippen LogP contribution in [0.3, 0.4) is 0 Å². The second-order valence-electron chi connectivity index (χ2n) is 5.25. The topological polar surface area (TPSA) is 40.5 Å². The monoisotopic (exact) mass is 268 g/mol. The number of hydrogen-bond donors (Lipinski definition) is 2. The fourth-order valence-electron chi connectivity index (χ4n) is 2.12. The summed E-state index contributed by atoms with van der Waals surface area (Å²) in [6.45, 7) is 4.32. The number of aromatic hydroxyl groups is 2. The zero-order chi connectivity index (χ0) is 14.5. The zero-order valence-corrected chi connectivity index (χ0v) is 11.9. The summed E-state index contributed by atoms with van der Waals surface area (Å²) in [4.78, 5) is 0. The first-order chi connectivity index (χ1) is 9.54. The van der Waals surface area contributed by atoms with Gasteiger partial charge in [0.05, 0.1) is 0 Å². The number of allylic oxidation sites excluding steroid dienone is 1. The van der Waals surface area contributed by atoms with Crippen molar-refractivity contribution in [3.8, 4) is 11.5 Å². The van der Waals surface area contributed by atoms with E-state index >= 15 is 0 Å². The predicted molar refractivity (Wildman–Crippen MR) is 82.7 cm³/mol. The number of hydrogen-bond acceptors (Lipinski definition) is 2. The van der Waals surface area contributed by atoms with Crippen molar-refractivity contribution in [3.63, 3.8) is 0 Å². The Morgan fingerprint density at radius 1 is 0.950 bits per heavy atom. The van der Waals surface area contributed by atoms with Gasteiger partial charge in [-0.05, 0) is 54.7 Å². The molecule has 2 heteroatoms. The van der Waals surface area contributed by atoms with Gasteiger partial charge in [0.2, 0.25) is 0 Å². The van der Waals surface area contributed by atoms with Crippen LogP contribution in [0.5, 0.6) is 11.5 Å². The number of benzene rings is 2. The third kappa shape index (κ3) is 3.89. The van der Waals surface area contributed by atoms with Crippen molar-refractivity contribution in [2.45, 2.75) is 20.3 Å². The lowest BCUT2D eigenvalue weighted by Crippen LogP contribution is -2.01. The predicted octanol–water partition coefficient (Wildman–Crippen LogP) is 4.38. The Hall–Kier alpha value is -2.22. The van der Waals surface area contributed by atoms with Gasteiger partial charge in [0, 0.05) is 0 Å². The first kappa shape index (κ1) is 14.2. The van der Waals surface area contributed by atoms with Gasteiger partial charge in [-0.2, -0.15) is 0 Å². The summed E-state index contributed by atoms with van der Waals surface area (Å²) in [5.41, 5.74) is 3.61. The standard InChI is InChI=1S/C18H20O2/c1-13(11-15-3-7-17(19)8-4-15)14(2)12-16-5-9-18(20)10-6-16/h3-11,14,19-20H,12H2,1-2H3/b13-11+/t14-/m0/s1. The first-order valence-corrected chi connectivity index (χ1v) is 6.80. The SMILES string of the molecule is C/C(=C\c1ccc(O)cc1)[C@@H](C)Cc1ccc(O)cc1. The van der Waals surface area contributed by atoms with Crippen LogP contribution in [0.15, 0.2) is 54.1 Å². The summed E-state index contributed by atoms with van der Waals surface area (Å²) in [7, 11) is 0. The Morgan fingerprint density at radius 3 is 2.00 bits per heavy atom. The minimum atomic E-state index is 0.289. The first-order valence-electron chi connectivity index (χ1n) is 6.80. The minimum Gasteiger partial charge on any atom is -0.508 e. The van der Waals surface area contributed by atoms with Crippen LogP contribution >= 0.6 is 0 Å². The molecule has 0 aromatic heterocycles. The average Bonchev–Trinajstić information content (AvgIpc) is 2.44. The van der Waals surface area contributed by atoms with E-state index in [1.54, 1.807) is 24.3 Å². The molecule has 0 heterocycles. The van der Waals surface area contributed by atoms with Crippen LogP contribution in [0.1, 0.15) is 25.0 Å². The van der Waals surface area contributed by atoms with Crippen LogP contribution in [0, 0.1) is 5.92 Å². The summed E-state index contributed by atoms with van der Waals surface area (Å²) < 4.78 is 0. The van der Waals surface area contributed by atoms with Crippen molar-refractivity contribution < 1.29 is 10.2 Å². The van der Waals surface area contributed by atoms with Gasteiger partial charge in [0.25, 0.3) is 0 Å². The highest BCUT2D eigenvalue weighted by atomic mass is 16.3. The number of phenols is 2. The fraction of sp³-hybridized carbons (Fsp3) is 0.222. The van der Waals surface area contributed by atoms with Crippen molar-refractivity contribution in [1.82, 2.24) is 0 Å². The van der Waals surface area contributed by atoms with E-state index in [1.165, 1.54) is 11.1 Å². The molecule has 0 aliphatic carbocycles. The van der Waals surface area contributed by atoms with E-state index in [9.17, 15) is 10.2 Å². The Kier molecular flexibility index (Phi) is 4.46. The van der Waals surface area contributed by atoms with E-state index in [-0.39, 0.29) is 5.75 Å². The minimum absolute atomic E-state index is 0.289. The molecule has 0 amide bonds. The van der Waals surface area contributed by atoms with Crippen LogP contribution in [0.25, 0.3) is 6.08 Å². The molecule has 2 N–H and O–H groups in total. The molecule has 0 unspecified atom stereocenters. The molecule has 0 fully saturated rings. The Labute approximate surface area is 120 Å². The molecule has 0 radical (unpaired) electrons. The van der Waals surface area contributed by atoms with Crippen molar-refractivity contribution in [3.05, 3.63) is 65.2 Å². The number of rotatable bonds is 4. The largest absolute Gasteiger partial charge is 0.508 e. The van der Waals surface area contributed by atoms with Gasteiger partial charge < -0.3 is 10.2 Å². The molecular formula is C18H20O2. The van der Waals surface area contributed by atoms with Gasteiger partial charge in [0.1, 0.15) is 11.5 Å². The second kappa shape index (κ2) is 6.29. The molecule has 2 nitrogen and oxygen atoms in total. The van der Waals surface area contributed by atoms with Gasteiger partial charge in [-0.25, -0.2) is 0 Å². The maximum atomic E-state index is 9.29. The fourth-order valence-corrected chi connectivity index (χ4v) is 2.12. The third-order valence-electron chi connectivity index (χ3n) is 3.54. The Balaban J connectivity index is 2.06. The maximum Gasteiger partial charge on any atom is 0.115 e. The van der Waals surface area contributed by atoms with E-state index in [1.807, 2.05) is 24.3 Å². The van der Waals surface area contributed by atoms with Crippen molar-refractivity contribution in [2.24, 2.45) is 5.92 Å². The highest BCUT2D eigenvalue weighted by molar-refractivity contribution is 5.54. The van der Waals surface area contributed by atoms with Crippen molar-refractivity contribution >= 4 is 6.08 Å². The van der Waals surface area contributed by atoms with Gasteiger partial charge in [-0.3, -0.25) is 0 Å². The summed E-state index contributed by atoms with van der Waals surface area (Å²) in [6, 6.07) is 14.6. The zero-order valence-electron chi connectivity index (χ0n) is 11.9. The second-order valence-corrected chi connectivity index (χ2v) is 5.25. The van der Waals surface area contributed by atoms with E-state index in [0.29, 0.717) is 11.7 Å². The molecule has 0 spiro atoms. The van der Waals surface area contributed by atoms with E-state index in [2.05, 4.69) is 19.9 Å². The van der Waals surface area contributed by atoms with E-state index in [0.717, 1.165) is 12.0 Å². The Bertz CT molecular complexity index is 580.